The monoisotopic (exact) mass is 393 g/mol. The van der Waals surface area contributed by atoms with Crippen molar-refractivity contribution in [3.63, 3.8) is 0 Å². The third-order valence-electron chi connectivity index (χ3n) is 3.98. The number of hydrogen-bond donors (Lipinski definition) is 1. The van der Waals surface area contributed by atoms with Gasteiger partial charge in [0.15, 0.2) is 0 Å². The van der Waals surface area contributed by atoms with Crippen LogP contribution < -0.4 is 10.1 Å². The van der Waals surface area contributed by atoms with Gasteiger partial charge in [0, 0.05) is 28.9 Å². The maximum Gasteiger partial charge on any atom is 0.136 e. The van der Waals surface area contributed by atoms with Crippen LogP contribution in [0.1, 0.15) is 24.8 Å². The summed E-state index contributed by atoms with van der Waals surface area (Å²) in [5.74, 6) is 0.500. The molecule has 0 bridgehead atoms. The maximum absolute atomic E-state index is 13.1. The Balaban J connectivity index is 1.72. The van der Waals surface area contributed by atoms with Crippen molar-refractivity contribution >= 4 is 22.6 Å². The molecule has 0 amide bonds. The van der Waals surface area contributed by atoms with Crippen LogP contribution >= 0.6 is 11.3 Å². The Morgan fingerprint density at radius 1 is 1.29 bits per heavy atom. The number of anilines is 1. The van der Waals surface area contributed by atoms with E-state index >= 15 is 0 Å². The van der Waals surface area contributed by atoms with Gasteiger partial charge in [-0.05, 0) is 42.8 Å². The van der Waals surface area contributed by atoms with Crippen LogP contribution in [0.15, 0.2) is 60.1 Å². The first-order chi connectivity index (χ1) is 13.7. The molecule has 142 valence electrons. The van der Waals surface area contributed by atoms with Gasteiger partial charge in [0.2, 0.25) is 0 Å². The van der Waals surface area contributed by atoms with E-state index in [2.05, 4.69) is 23.3 Å². The normalized spacial score (nSPS) is 11.1. The number of nitrogens with one attached hydrogen (secondary N) is 1. The number of allylic oxidation sites excluding steroid dienone is 1. The third kappa shape index (κ3) is 5.18. The molecule has 0 saturated heterocycles. The summed E-state index contributed by atoms with van der Waals surface area (Å²) >= 11 is 1.37. The summed E-state index contributed by atoms with van der Waals surface area (Å²) < 4.78 is 18.8. The third-order valence-corrected chi connectivity index (χ3v) is 4.85. The van der Waals surface area contributed by atoms with E-state index < -0.39 is 0 Å². The largest absolute Gasteiger partial charge is 0.494 e. The minimum absolute atomic E-state index is 0.290. The average Bonchev–Trinajstić information content (AvgIpc) is 3.20. The molecule has 0 aliphatic carbocycles. The van der Waals surface area contributed by atoms with Gasteiger partial charge >= 0.3 is 0 Å². The Labute approximate surface area is 167 Å². The zero-order valence-corrected chi connectivity index (χ0v) is 16.3. The van der Waals surface area contributed by atoms with E-state index in [-0.39, 0.29) is 5.82 Å². The maximum atomic E-state index is 13.1. The summed E-state index contributed by atoms with van der Waals surface area (Å²) in [6.45, 7) is 2.81. The fourth-order valence-electron chi connectivity index (χ4n) is 2.46. The second-order valence-corrected chi connectivity index (χ2v) is 6.95. The van der Waals surface area contributed by atoms with Crippen molar-refractivity contribution in [1.29, 1.82) is 5.26 Å². The summed E-state index contributed by atoms with van der Waals surface area (Å²) in [5.41, 5.74) is 2.78. The van der Waals surface area contributed by atoms with Crippen molar-refractivity contribution in [3.8, 4) is 23.1 Å². The van der Waals surface area contributed by atoms with E-state index in [0.717, 1.165) is 29.8 Å². The summed E-state index contributed by atoms with van der Waals surface area (Å²) in [6, 6.07) is 15.9. The summed E-state index contributed by atoms with van der Waals surface area (Å²) in [4.78, 5) is 4.50. The average molecular weight is 393 g/mol. The van der Waals surface area contributed by atoms with Crippen LogP contribution in [0.5, 0.6) is 5.75 Å². The van der Waals surface area contributed by atoms with Crippen LogP contribution in [0.2, 0.25) is 0 Å². The summed E-state index contributed by atoms with van der Waals surface area (Å²) in [5, 5.41) is 15.1. The predicted molar refractivity (Wildman–Crippen MR) is 112 cm³/mol. The van der Waals surface area contributed by atoms with E-state index in [4.69, 9.17) is 4.74 Å². The quantitative estimate of drug-likeness (QED) is 0.371. The van der Waals surface area contributed by atoms with E-state index in [9.17, 15) is 9.65 Å². The number of thiazole rings is 1. The minimum Gasteiger partial charge on any atom is -0.494 e. The fourth-order valence-corrected chi connectivity index (χ4v) is 3.25. The Kier molecular flexibility index (Phi) is 6.77. The molecule has 1 N–H and O–H groups in total. The van der Waals surface area contributed by atoms with Crippen LogP contribution in [0.4, 0.5) is 10.1 Å². The van der Waals surface area contributed by atoms with Crippen LogP contribution in [0.25, 0.3) is 16.8 Å². The van der Waals surface area contributed by atoms with Crippen molar-refractivity contribution in [3.05, 3.63) is 70.9 Å². The van der Waals surface area contributed by atoms with E-state index in [1.807, 2.05) is 29.6 Å². The topological polar surface area (TPSA) is 57.9 Å². The number of ether oxygens (including phenoxy) is 1. The van der Waals surface area contributed by atoms with E-state index in [0.29, 0.717) is 22.9 Å². The molecule has 0 unspecified atom stereocenters. The number of nitrogens with zero attached hydrogens (tertiary/aromatic N) is 2. The molecular weight excluding hydrogens is 373 g/mol. The number of benzene rings is 2. The van der Waals surface area contributed by atoms with Gasteiger partial charge in [-0.2, -0.15) is 5.26 Å². The standard InChI is InChI=1S/C22H20FN3OS/c1-2-3-11-27-20-6-4-5-19(12-20)25-14-17(13-24)22-26-21(15-28-22)16-7-9-18(23)10-8-16/h4-10,12,14-15,25H,2-3,11H2,1H3. The van der Waals surface area contributed by atoms with Gasteiger partial charge in [0.05, 0.1) is 12.3 Å². The number of halogens is 1. The Hall–Kier alpha value is -3.17. The summed E-state index contributed by atoms with van der Waals surface area (Å²) in [6.07, 6.45) is 3.73. The van der Waals surface area contributed by atoms with Crippen molar-refractivity contribution in [1.82, 2.24) is 4.98 Å². The lowest BCUT2D eigenvalue weighted by Crippen LogP contribution is -1.97. The molecule has 1 aromatic heterocycles. The highest BCUT2D eigenvalue weighted by molar-refractivity contribution is 7.11. The molecule has 2 aromatic carbocycles. The molecule has 0 aliphatic heterocycles. The lowest BCUT2D eigenvalue weighted by Gasteiger charge is -2.07. The van der Waals surface area contributed by atoms with Gasteiger partial charge in [-0.1, -0.05) is 19.4 Å². The molecule has 3 rings (SSSR count). The smallest absolute Gasteiger partial charge is 0.136 e. The molecule has 0 aliphatic rings. The predicted octanol–water partition coefficient (Wildman–Crippen LogP) is 6.10. The Morgan fingerprint density at radius 2 is 2.11 bits per heavy atom. The van der Waals surface area contributed by atoms with E-state index in [1.54, 1.807) is 18.3 Å². The van der Waals surface area contributed by atoms with Gasteiger partial charge in [0.1, 0.15) is 28.2 Å². The lowest BCUT2D eigenvalue weighted by atomic mass is 10.2. The molecule has 0 saturated carbocycles. The molecular formula is C22H20FN3OS. The molecule has 1 heterocycles. The SMILES string of the molecule is CCCCOc1cccc(NC=C(C#N)c2nc(-c3ccc(F)cc3)cs2)c1. The van der Waals surface area contributed by atoms with Gasteiger partial charge in [0.25, 0.3) is 0 Å². The number of unbranched alkanes of at least 4 members (excludes halogenated alkanes) is 1. The second kappa shape index (κ2) is 9.67. The van der Waals surface area contributed by atoms with Gasteiger partial charge in [-0.25, -0.2) is 9.37 Å². The van der Waals surface area contributed by atoms with Gasteiger partial charge in [-0.3, -0.25) is 0 Å². The van der Waals surface area contributed by atoms with Crippen molar-refractivity contribution in [2.75, 3.05) is 11.9 Å². The van der Waals surface area contributed by atoms with Gasteiger partial charge in [-0.15, -0.1) is 11.3 Å². The molecule has 4 nitrogen and oxygen atoms in total. The molecule has 0 atom stereocenters. The van der Waals surface area contributed by atoms with E-state index in [1.165, 1.54) is 23.5 Å². The molecule has 6 heteroatoms. The second-order valence-electron chi connectivity index (χ2n) is 6.09. The molecule has 0 fully saturated rings. The Morgan fingerprint density at radius 3 is 2.86 bits per heavy atom. The number of rotatable bonds is 8. The highest BCUT2D eigenvalue weighted by Gasteiger charge is 2.09. The number of aromatic nitrogens is 1. The van der Waals surface area contributed by atoms with Crippen molar-refractivity contribution in [2.24, 2.45) is 0 Å². The van der Waals surface area contributed by atoms with Crippen LogP contribution in [0.3, 0.4) is 0 Å². The first kappa shape index (κ1) is 19.6. The van der Waals surface area contributed by atoms with Crippen LogP contribution in [-0.4, -0.2) is 11.6 Å². The molecule has 28 heavy (non-hydrogen) atoms. The number of hydrogen-bond acceptors (Lipinski definition) is 5. The first-order valence-electron chi connectivity index (χ1n) is 9.01. The Bertz CT molecular complexity index is 990. The van der Waals surface area contributed by atoms with Crippen LogP contribution in [0, 0.1) is 17.1 Å². The zero-order chi connectivity index (χ0) is 19.8. The van der Waals surface area contributed by atoms with Gasteiger partial charge < -0.3 is 10.1 Å². The number of nitriles is 1. The van der Waals surface area contributed by atoms with Crippen molar-refractivity contribution in [2.45, 2.75) is 19.8 Å². The highest BCUT2D eigenvalue weighted by Crippen LogP contribution is 2.26. The summed E-state index contributed by atoms with van der Waals surface area (Å²) in [7, 11) is 0. The zero-order valence-electron chi connectivity index (χ0n) is 15.5. The first-order valence-corrected chi connectivity index (χ1v) is 9.89. The fraction of sp³-hybridized carbons (Fsp3) is 0.182. The lowest BCUT2D eigenvalue weighted by molar-refractivity contribution is 0.309. The molecule has 0 radical (unpaired) electrons. The highest BCUT2D eigenvalue weighted by atomic mass is 32.1. The van der Waals surface area contributed by atoms with Crippen LogP contribution in [-0.2, 0) is 0 Å². The molecule has 0 spiro atoms. The van der Waals surface area contributed by atoms with Crippen molar-refractivity contribution < 1.29 is 9.13 Å². The molecule has 3 aromatic rings. The minimum atomic E-state index is -0.290.